The lowest BCUT2D eigenvalue weighted by atomic mass is 9.91. The zero-order valence-electron chi connectivity index (χ0n) is 9.78. The lowest BCUT2D eigenvalue weighted by Crippen LogP contribution is -2.46. The molecule has 1 aromatic rings. The first-order valence-corrected chi connectivity index (χ1v) is 7.04. The van der Waals surface area contributed by atoms with Crippen LogP contribution >= 0.6 is 0 Å². The fourth-order valence-electron chi connectivity index (χ4n) is 1.83. The number of sulfonamides is 1. The van der Waals surface area contributed by atoms with E-state index in [-0.39, 0.29) is 10.9 Å². The molecule has 0 bridgehead atoms. The summed E-state index contributed by atoms with van der Waals surface area (Å²) in [6.45, 7) is 0. The predicted molar refractivity (Wildman–Crippen MR) is 64.4 cm³/mol. The minimum absolute atomic E-state index is 0.232. The molecule has 19 heavy (non-hydrogen) atoms. The van der Waals surface area contributed by atoms with Gasteiger partial charge in [0.2, 0.25) is 10.0 Å². The van der Waals surface area contributed by atoms with Crippen LogP contribution in [-0.2, 0) is 10.0 Å². The van der Waals surface area contributed by atoms with Crippen molar-refractivity contribution >= 4 is 16.0 Å². The van der Waals surface area contributed by atoms with Gasteiger partial charge < -0.3 is 15.3 Å². The number of nitrogens with one attached hydrogen (secondary N) is 1. The monoisotopic (exact) mass is 287 g/mol. The van der Waals surface area contributed by atoms with Crippen LogP contribution in [-0.4, -0.2) is 41.9 Å². The van der Waals surface area contributed by atoms with E-state index in [0.29, 0.717) is 12.8 Å². The third kappa shape index (κ3) is 2.86. The van der Waals surface area contributed by atoms with Gasteiger partial charge in [-0.2, -0.15) is 0 Å². The Bertz CT molecular complexity index is 606. The number of hydrogen-bond donors (Lipinski definition) is 4. The lowest BCUT2D eigenvalue weighted by molar-refractivity contribution is 0.0692. The molecule has 0 aliphatic heterocycles. The van der Waals surface area contributed by atoms with E-state index in [2.05, 4.69) is 4.72 Å². The Kier molecular flexibility index (Phi) is 3.48. The second kappa shape index (κ2) is 4.80. The van der Waals surface area contributed by atoms with E-state index in [0.717, 1.165) is 18.2 Å². The quantitative estimate of drug-likeness (QED) is 0.612. The second-order valence-electron chi connectivity index (χ2n) is 4.43. The maximum atomic E-state index is 12.0. The molecule has 0 unspecified atom stereocenters. The highest BCUT2D eigenvalue weighted by Gasteiger charge is 2.31. The maximum absolute atomic E-state index is 12.0. The largest absolute Gasteiger partial charge is 0.507 e. The Morgan fingerprint density at radius 3 is 2.47 bits per heavy atom. The van der Waals surface area contributed by atoms with Gasteiger partial charge in [0.1, 0.15) is 11.3 Å². The van der Waals surface area contributed by atoms with Gasteiger partial charge in [-0.25, -0.2) is 17.9 Å². The third-order valence-electron chi connectivity index (χ3n) is 2.94. The van der Waals surface area contributed by atoms with Crippen LogP contribution < -0.4 is 4.72 Å². The first kappa shape index (κ1) is 13.8. The molecule has 0 radical (unpaired) electrons. The summed E-state index contributed by atoms with van der Waals surface area (Å²) < 4.78 is 26.3. The summed E-state index contributed by atoms with van der Waals surface area (Å²) in [7, 11) is -3.85. The number of aromatic carboxylic acids is 1. The molecule has 0 saturated heterocycles. The van der Waals surface area contributed by atoms with Gasteiger partial charge in [-0.3, -0.25) is 0 Å². The standard InChI is InChI=1S/C11H13NO6S/c13-7-3-6(4-7)12-19(17,18)8-1-2-10(14)9(5-8)11(15)16/h1-2,5-7,12-14H,3-4H2,(H,15,16). The highest BCUT2D eigenvalue weighted by Crippen LogP contribution is 2.24. The minimum Gasteiger partial charge on any atom is -0.507 e. The maximum Gasteiger partial charge on any atom is 0.339 e. The molecule has 8 heteroatoms. The van der Waals surface area contributed by atoms with Gasteiger partial charge in [0, 0.05) is 6.04 Å². The molecule has 0 heterocycles. The Morgan fingerprint density at radius 2 is 1.95 bits per heavy atom. The molecule has 0 aromatic heterocycles. The number of benzene rings is 1. The van der Waals surface area contributed by atoms with Gasteiger partial charge in [-0.1, -0.05) is 0 Å². The Balaban J connectivity index is 2.25. The van der Waals surface area contributed by atoms with E-state index in [1.54, 1.807) is 0 Å². The lowest BCUT2D eigenvalue weighted by Gasteiger charge is -2.31. The van der Waals surface area contributed by atoms with Gasteiger partial charge >= 0.3 is 5.97 Å². The number of hydrogen-bond acceptors (Lipinski definition) is 5. The summed E-state index contributed by atoms with van der Waals surface area (Å²) in [5.74, 6) is -1.90. The Morgan fingerprint density at radius 1 is 1.32 bits per heavy atom. The first-order valence-electron chi connectivity index (χ1n) is 5.56. The summed E-state index contributed by atoms with van der Waals surface area (Å²) >= 11 is 0. The zero-order valence-corrected chi connectivity index (χ0v) is 10.6. The number of phenols is 1. The number of carboxylic acid groups (broad SMARTS) is 1. The van der Waals surface area contributed by atoms with Crippen LogP contribution in [0.3, 0.4) is 0 Å². The molecule has 104 valence electrons. The van der Waals surface area contributed by atoms with Crippen LogP contribution in [0.25, 0.3) is 0 Å². The molecule has 7 nitrogen and oxygen atoms in total. The smallest absolute Gasteiger partial charge is 0.339 e. The molecule has 1 aromatic carbocycles. The molecular weight excluding hydrogens is 274 g/mol. The Hall–Kier alpha value is -1.64. The zero-order chi connectivity index (χ0) is 14.2. The van der Waals surface area contributed by atoms with Gasteiger partial charge in [0.15, 0.2) is 0 Å². The van der Waals surface area contributed by atoms with Crippen molar-refractivity contribution in [2.75, 3.05) is 0 Å². The summed E-state index contributed by atoms with van der Waals surface area (Å²) in [5, 5.41) is 27.2. The minimum atomic E-state index is -3.85. The molecule has 0 spiro atoms. The van der Waals surface area contributed by atoms with Crippen LogP contribution in [0.5, 0.6) is 5.75 Å². The van der Waals surface area contributed by atoms with Gasteiger partial charge in [-0.05, 0) is 31.0 Å². The highest BCUT2D eigenvalue weighted by molar-refractivity contribution is 7.89. The van der Waals surface area contributed by atoms with Crippen LogP contribution in [0.1, 0.15) is 23.2 Å². The molecule has 4 N–H and O–H groups in total. The topological polar surface area (TPSA) is 124 Å². The number of aliphatic hydroxyl groups excluding tert-OH is 1. The number of carbonyl (C=O) groups is 1. The first-order chi connectivity index (χ1) is 8.79. The fourth-order valence-corrected chi connectivity index (χ4v) is 3.11. The molecule has 2 rings (SSSR count). The summed E-state index contributed by atoms with van der Waals surface area (Å²) in [4.78, 5) is 10.6. The molecule has 0 atom stereocenters. The molecule has 1 aliphatic carbocycles. The number of aliphatic hydroxyl groups is 1. The van der Waals surface area contributed by atoms with Gasteiger partial charge in [0.25, 0.3) is 0 Å². The van der Waals surface area contributed by atoms with Crippen LogP contribution in [0.4, 0.5) is 0 Å². The number of carboxylic acids is 1. The highest BCUT2D eigenvalue weighted by atomic mass is 32.2. The molecule has 0 amide bonds. The van der Waals surface area contributed by atoms with Crippen molar-refractivity contribution in [1.29, 1.82) is 0 Å². The van der Waals surface area contributed by atoms with Crippen molar-refractivity contribution in [2.24, 2.45) is 0 Å². The van der Waals surface area contributed by atoms with Gasteiger partial charge in [0.05, 0.1) is 11.0 Å². The van der Waals surface area contributed by atoms with E-state index in [1.165, 1.54) is 0 Å². The normalized spacial score (nSPS) is 22.8. The third-order valence-corrected chi connectivity index (χ3v) is 4.46. The van der Waals surface area contributed by atoms with Gasteiger partial charge in [-0.15, -0.1) is 0 Å². The average Bonchev–Trinajstić information content (AvgIpc) is 2.26. The Labute approximate surface area is 109 Å². The number of aromatic hydroxyl groups is 1. The van der Waals surface area contributed by atoms with Crippen LogP contribution in [0.2, 0.25) is 0 Å². The predicted octanol–water partition coefficient (Wildman–Crippen LogP) is -0.108. The fraction of sp³-hybridized carbons (Fsp3) is 0.364. The molecular formula is C11H13NO6S. The van der Waals surface area contributed by atoms with E-state index in [4.69, 9.17) is 10.2 Å². The van der Waals surface area contributed by atoms with Crippen molar-refractivity contribution in [1.82, 2.24) is 4.72 Å². The van der Waals surface area contributed by atoms with Crippen molar-refractivity contribution in [2.45, 2.75) is 29.9 Å². The van der Waals surface area contributed by atoms with Crippen LogP contribution in [0, 0.1) is 0 Å². The van der Waals surface area contributed by atoms with E-state index in [9.17, 15) is 18.3 Å². The summed E-state index contributed by atoms with van der Waals surface area (Å²) in [5.41, 5.74) is -0.475. The number of rotatable bonds is 4. The molecule has 1 fully saturated rings. The van der Waals surface area contributed by atoms with Crippen molar-refractivity contribution in [3.05, 3.63) is 23.8 Å². The SMILES string of the molecule is O=C(O)c1cc(S(=O)(=O)NC2CC(O)C2)ccc1O. The van der Waals surface area contributed by atoms with Crippen molar-refractivity contribution in [3.63, 3.8) is 0 Å². The average molecular weight is 287 g/mol. The van der Waals surface area contributed by atoms with E-state index in [1.807, 2.05) is 0 Å². The van der Waals surface area contributed by atoms with E-state index >= 15 is 0 Å². The summed E-state index contributed by atoms with van der Waals surface area (Å²) in [6, 6.07) is 2.70. The second-order valence-corrected chi connectivity index (χ2v) is 6.14. The van der Waals surface area contributed by atoms with Crippen molar-refractivity contribution in [3.8, 4) is 5.75 Å². The van der Waals surface area contributed by atoms with Crippen LogP contribution in [0.15, 0.2) is 23.1 Å². The molecule has 1 aliphatic rings. The molecule has 1 saturated carbocycles. The summed E-state index contributed by atoms with van der Waals surface area (Å²) in [6.07, 6.45) is 0.175. The van der Waals surface area contributed by atoms with E-state index < -0.39 is 33.4 Å². The van der Waals surface area contributed by atoms with Crippen molar-refractivity contribution < 1.29 is 28.5 Å².